The molecule has 0 N–H and O–H groups in total. The zero-order valence-corrected chi connectivity index (χ0v) is 10.1. The summed E-state index contributed by atoms with van der Waals surface area (Å²) in [4.78, 5) is 11.5. The molecule has 0 heterocycles. The van der Waals surface area contributed by atoms with Gasteiger partial charge in [-0.3, -0.25) is 0 Å². The third-order valence-electron chi connectivity index (χ3n) is 2.03. The number of carbonyl (C=O) groups excluding carboxylic acids is 1. The Morgan fingerprint density at radius 2 is 1.72 bits per heavy atom. The summed E-state index contributed by atoms with van der Waals surface area (Å²) in [5.74, 6) is 2.01. The number of carbonyl (C=O) groups is 1. The number of benzene rings is 1. The van der Waals surface area contributed by atoms with Crippen LogP contribution in [0.2, 0.25) is 0 Å². The highest BCUT2D eigenvalue weighted by Gasteiger charge is 2.04. The molecule has 0 aromatic heterocycles. The van der Waals surface area contributed by atoms with Gasteiger partial charge in [0, 0.05) is 0 Å². The quantitative estimate of drug-likeness (QED) is 0.397. The number of hydrogen-bond acceptors (Lipinski definition) is 4. The van der Waals surface area contributed by atoms with Crippen molar-refractivity contribution in [3.8, 4) is 12.3 Å². The highest BCUT2D eigenvalue weighted by Crippen LogP contribution is 2.00. The molecule has 1 aromatic carbocycles. The van der Waals surface area contributed by atoms with Crippen LogP contribution >= 0.6 is 0 Å². The van der Waals surface area contributed by atoms with Crippen molar-refractivity contribution in [2.24, 2.45) is 0 Å². The van der Waals surface area contributed by atoms with Gasteiger partial charge < -0.3 is 14.2 Å². The van der Waals surface area contributed by atoms with E-state index in [1.54, 1.807) is 24.3 Å². The Kier molecular flexibility index (Phi) is 7.29. The molecule has 0 aliphatic carbocycles. The molecule has 4 nitrogen and oxygen atoms in total. The van der Waals surface area contributed by atoms with Crippen LogP contribution in [0.15, 0.2) is 30.3 Å². The van der Waals surface area contributed by atoms with E-state index in [2.05, 4.69) is 5.92 Å². The Morgan fingerprint density at radius 1 is 1.06 bits per heavy atom. The van der Waals surface area contributed by atoms with Crippen molar-refractivity contribution >= 4 is 5.97 Å². The van der Waals surface area contributed by atoms with Gasteiger partial charge in [-0.05, 0) is 12.1 Å². The second-order valence-electron chi connectivity index (χ2n) is 3.37. The fraction of sp³-hybridized carbons (Fsp3) is 0.357. The van der Waals surface area contributed by atoms with Gasteiger partial charge in [0.25, 0.3) is 0 Å². The van der Waals surface area contributed by atoms with E-state index >= 15 is 0 Å². The summed E-state index contributed by atoms with van der Waals surface area (Å²) in [7, 11) is 0. The van der Waals surface area contributed by atoms with Gasteiger partial charge in [0.2, 0.25) is 0 Å². The van der Waals surface area contributed by atoms with Crippen molar-refractivity contribution in [3.63, 3.8) is 0 Å². The molecule has 0 aliphatic heterocycles. The van der Waals surface area contributed by atoms with Crippen molar-refractivity contribution < 1.29 is 19.0 Å². The largest absolute Gasteiger partial charge is 0.460 e. The van der Waals surface area contributed by atoms with Crippen molar-refractivity contribution in [3.05, 3.63) is 35.9 Å². The summed E-state index contributed by atoms with van der Waals surface area (Å²) in [5.41, 5.74) is 0.537. The van der Waals surface area contributed by atoms with Gasteiger partial charge in [-0.15, -0.1) is 6.42 Å². The maximum Gasteiger partial charge on any atom is 0.338 e. The smallest absolute Gasteiger partial charge is 0.338 e. The lowest BCUT2D eigenvalue weighted by molar-refractivity contribution is 0.0186. The highest BCUT2D eigenvalue weighted by atomic mass is 16.6. The van der Waals surface area contributed by atoms with Gasteiger partial charge >= 0.3 is 5.97 Å². The average molecular weight is 248 g/mol. The molecule has 0 unspecified atom stereocenters. The van der Waals surface area contributed by atoms with Gasteiger partial charge in [-0.25, -0.2) is 4.79 Å². The first kappa shape index (κ1) is 14.2. The molecular formula is C14H16O4. The van der Waals surface area contributed by atoms with E-state index in [-0.39, 0.29) is 19.2 Å². The minimum absolute atomic E-state index is 0.225. The zero-order chi connectivity index (χ0) is 13.1. The van der Waals surface area contributed by atoms with E-state index in [1.807, 2.05) is 6.07 Å². The second kappa shape index (κ2) is 9.23. The van der Waals surface area contributed by atoms with Crippen LogP contribution in [0.1, 0.15) is 10.4 Å². The van der Waals surface area contributed by atoms with Crippen LogP contribution in [0.4, 0.5) is 0 Å². The number of rotatable bonds is 8. The van der Waals surface area contributed by atoms with Crippen molar-refractivity contribution in [1.29, 1.82) is 0 Å². The molecule has 0 amide bonds. The second-order valence-corrected chi connectivity index (χ2v) is 3.37. The van der Waals surface area contributed by atoms with E-state index in [0.29, 0.717) is 25.4 Å². The maximum absolute atomic E-state index is 11.5. The third-order valence-corrected chi connectivity index (χ3v) is 2.03. The number of hydrogen-bond donors (Lipinski definition) is 0. The Hall–Kier alpha value is -1.83. The Bertz CT molecular complexity index is 381. The minimum atomic E-state index is -0.345. The molecule has 0 spiro atoms. The summed E-state index contributed by atoms with van der Waals surface area (Å²) in [5, 5.41) is 0. The molecular weight excluding hydrogens is 232 g/mol. The molecule has 0 atom stereocenters. The monoisotopic (exact) mass is 248 g/mol. The maximum atomic E-state index is 11.5. The summed E-state index contributed by atoms with van der Waals surface area (Å²) in [6.45, 7) is 1.73. The van der Waals surface area contributed by atoms with Gasteiger partial charge in [-0.2, -0.15) is 0 Å². The number of terminal acetylenes is 1. The summed E-state index contributed by atoms with van der Waals surface area (Å²) in [6, 6.07) is 8.83. The normalized spacial score (nSPS) is 9.72. The van der Waals surface area contributed by atoms with Crippen molar-refractivity contribution in [2.45, 2.75) is 0 Å². The molecule has 0 saturated carbocycles. The molecule has 0 fully saturated rings. The first-order valence-corrected chi connectivity index (χ1v) is 5.65. The molecule has 1 aromatic rings. The fourth-order valence-corrected chi connectivity index (χ4v) is 1.20. The first-order chi connectivity index (χ1) is 8.84. The molecule has 0 bridgehead atoms. The topological polar surface area (TPSA) is 44.8 Å². The highest BCUT2D eigenvalue weighted by molar-refractivity contribution is 5.89. The van der Waals surface area contributed by atoms with Crippen LogP contribution in [-0.4, -0.2) is 39.0 Å². The van der Waals surface area contributed by atoms with Crippen LogP contribution < -0.4 is 0 Å². The zero-order valence-electron chi connectivity index (χ0n) is 10.1. The van der Waals surface area contributed by atoms with Crippen LogP contribution in [0, 0.1) is 12.3 Å². The SMILES string of the molecule is C#CCOCCOCCOC(=O)c1ccccc1. The number of ether oxygens (including phenoxy) is 3. The van der Waals surface area contributed by atoms with Crippen LogP contribution in [0.25, 0.3) is 0 Å². The minimum Gasteiger partial charge on any atom is -0.460 e. The van der Waals surface area contributed by atoms with E-state index in [4.69, 9.17) is 20.6 Å². The van der Waals surface area contributed by atoms with Crippen molar-refractivity contribution in [2.75, 3.05) is 33.0 Å². The summed E-state index contributed by atoms with van der Waals surface area (Å²) in [6.07, 6.45) is 5.01. The lowest BCUT2D eigenvalue weighted by Gasteiger charge is -2.06. The molecule has 96 valence electrons. The molecule has 1 rings (SSSR count). The van der Waals surface area contributed by atoms with Gasteiger partial charge in [0.1, 0.15) is 13.2 Å². The molecule has 0 saturated heterocycles. The summed E-state index contributed by atoms with van der Waals surface area (Å²) >= 11 is 0. The molecule has 4 heteroatoms. The van der Waals surface area contributed by atoms with Crippen molar-refractivity contribution in [1.82, 2.24) is 0 Å². The Morgan fingerprint density at radius 3 is 2.44 bits per heavy atom. The lowest BCUT2D eigenvalue weighted by atomic mass is 10.2. The van der Waals surface area contributed by atoms with E-state index in [1.165, 1.54) is 0 Å². The molecule has 18 heavy (non-hydrogen) atoms. The van der Waals surface area contributed by atoms with E-state index in [9.17, 15) is 4.79 Å². The van der Waals surface area contributed by atoms with E-state index < -0.39 is 0 Å². The molecule has 0 aliphatic rings. The van der Waals surface area contributed by atoms with Crippen LogP contribution in [0.3, 0.4) is 0 Å². The average Bonchev–Trinajstić information content (AvgIpc) is 2.42. The Labute approximate surface area is 107 Å². The van der Waals surface area contributed by atoms with Gasteiger partial charge in [0.15, 0.2) is 0 Å². The van der Waals surface area contributed by atoms with Crippen LogP contribution in [0.5, 0.6) is 0 Å². The summed E-state index contributed by atoms with van der Waals surface area (Å²) < 4.78 is 15.2. The lowest BCUT2D eigenvalue weighted by Crippen LogP contribution is -2.13. The standard InChI is InChI=1S/C14H16O4/c1-2-8-16-9-10-17-11-12-18-14(15)13-6-4-3-5-7-13/h1,3-7H,8-12H2. The molecule has 0 radical (unpaired) electrons. The third kappa shape index (κ3) is 6.04. The number of esters is 1. The Balaban J connectivity index is 2.02. The predicted molar refractivity (Wildman–Crippen MR) is 67.2 cm³/mol. The van der Waals surface area contributed by atoms with Gasteiger partial charge in [0.05, 0.1) is 25.4 Å². The fourth-order valence-electron chi connectivity index (χ4n) is 1.20. The van der Waals surface area contributed by atoms with Gasteiger partial charge in [-0.1, -0.05) is 24.1 Å². The predicted octanol–water partition coefficient (Wildman–Crippen LogP) is 1.51. The van der Waals surface area contributed by atoms with E-state index in [0.717, 1.165) is 0 Å². The van der Waals surface area contributed by atoms with Crippen LogP contribution in [-0.2, 0) is 14.2 Å². The first-order valence-electron chi connectivity index (χ1n) is 5.65.